The molecule has 12 heavy (non-hydrogen) atoms. The molecule has 0 atom stereocenters. The van der Waals surface area contributed by atoms with Crippen LogP contribution < -0.4 is 5.32 Å². The molecule has 0 spiro atoms. The van der Waals surface area contributed by atoms with Gasteiger partial charge in [0.1, 0.15) is 0 Å². The van der Waals surface area contributed by atoms with Gasteiger partial charge in [-0.2, -0.15) is 0 Å². The molecular formula is C9H23NOSi. The molecule has 0 radical (unpaired) electrons. The number of hydrogen-bond donors (Lipinski definition) is 1. The Morgan fingerprint density at radius 1 is 1.17 bits per heavy atom. The van der Waals surface area contributed by atoms with Crippen LogP contribution in [0.4, 0.5) is 0 Å². The Labute approximate surface area is 77.7 Å². The van der Waals surface area contributed by atoms with Crippen LogP contribution in [0.25, 0.3) is 0 Å². The Kier molecular flexibility index (Phi) is 6.71. The van der Waals surface area contributed by atoms with Gasteiger partial charge in [-0.05, 0) is 13.0 Å². The van der Waals surface area contributed by atoms with E-state index < -0.39 is 8.07 Å². The molecule has 0 fully saturated rings. The second kappa shape index (κ2) is 6.63. The Bertz CT molecular complexity index is 101. The van der Waals surface area contributed by atoms with Crippen molar-refractivity contribution in [2.24, 2.45) is 0 Å². The molecule has 0 unspecified atom stereocenters. The highest BCUT2D eigenvalue weighted by Gasteiger charge is 2.10. The summed E-state index contributed by atoms with van der Waals surface area (Å²) in [5.74, 6) is 0. The van der Waals surface area contributed by atoms with Crippen LogP contribution in [-0.4, -0.2) is 34.9 Å². The van der Waals surface area contributed by atoms with Gasteiger partial charge in [0.05, 0.1) is 6.61 Å². The van der Waals surface area contributed by atoms with Crippen molar-refractivity contribution in [3.8, 4) is 0 Å². The van der Waals surface area contributed by atoms with Crippen molar-refractivity contribution in [1.29, 1.82) is 0 Å². The summed E-state index contributed by atoms with van der Waals surface area (Å²) in [5, 5.41) is 3.36. The van der Waals surface area contributed by atoms with Crippen LogP contribution in [0, 0.1) is 0 Å². The number of hydrogen-bond acceptors (Lipinski definition) is 2. The third kappa shape index (κ3) is 10.1. The van der Waals surface area contributed by atoms with Gasteiger partial charge >= 0.3 is 0 Å². The van der Waals surface area contributed by atoms with Gasteiger partial charge in [0.15, 0.2) is 0 Å². The summed E-state index contributed by atoms with van der Waals surface area (Å²) in [6.45, 7) is 10.2. The first-order chi connectivity index (χ1) is 5.56. The average molecular weight is 189 g/mol. The fraction of sp³-hybridized carbons (Fsp3) is 1.00. The topological polar surface area (TPSA) is 21.3 Å². The van der Waals surface area contributed by atoms with Crippen molar-refractivity contribution in [3.05, 3.63) is 0 Å². The quantitative estimate of drug-likeness (QED) is 0.488. The first-order valence-corrected chi connectivity index (χ1v) is 8.46. The van der Waals surface area contributed by atoms with E-state index in [9.17, 15) is 0 Å². The second-order valence-corrected chi connectivity index (χ2v) is 10.0. The summed E-state index contributed by atoms with van der Waals surface area (Å²) in [6.07, 6.45) is 1.32. The van der Waals surface area contributed by atoms with Crippen LogP contribution in [0.5, 0.6) is 0 Å². The van der Waals surface area contributed by atoms with E-state index in [0.29, 0.717) is 0 Å². The number of ether oxygens (including phenoxy) is 1. The van der Waals surface area contributed by atoms with Gasteiger partial charge < -0.3 is 10.1 Å². The zero-order valence-corrected chi connectivity index (χ0v) is 9.94. The molecule has 0 aliphatic carbocycles. The average Bonchev–Trinajstić information content (AvgIpc) is 1.94. The van der Waals surface area contributed by atoms with Crippen LogP contribution in [0.2, 0.25) is 25.7 Å². The van der Waals surface area contributed by atoms with E-state index in [1.165, 1.54) is 12.5 Å². The lowest BCUT2D eigenvalue weighted by Crippen LogP contribution is -2.24. The minimum atomic E-state index is -0.797. The zero-order valence-electron chi connectivity index (χ0n) is 8.94. The molecule has 2 nitrogen and oxygen atoms in total. The van der Waals surface area contributed by atoms with Gasteiger partial charge in [-0.3, -0.25) is 0 Å². The summed E-state index contributed by atoms with van der Waals surface area (Å²) < 4.78 is 4.94. The molecular weight excluding hydrogens is 166 g/mol. The largest absolute Gasteiger partial charge is 0.383 e. The van der Waals surface area contributed by atoms with E-state index in [-0.39, 0.29) is 0 Å². The highest BCUT2D eigenvalue weighted by Crippen LogP contribution is 2.09. The molecule has 74 valence electrons. The second-order valence-electron chi connectivity index (χ2n) is 4.41. The summed E-state index contributed by atoms with van der Waals surface area (Å²) in [4.78, 5) is 0. The van der Waals surface area contributed by atoms with Crippen molar-refractivity contribution >= 4 is 8.07 Å². The number of methoxy groups -OCH3 is 1. The lowest BCUT2D eigenvalue weighted by atomic mass is 10.5. The van der Waals surface area contributed by atoms with E-state index >= 15 is 0 Å². The Morgan fingerprint density at radius 3 is 2.33 bits per heavy atom. The molecule has 0 saturated carbocycles. The summed E-state index contributed by atoms with van der Waals surface area (Å²) in [7, 11) is 0.943. The lowest BCUT2D eigenvalue weighted by Gasteiger charge is -2.15. The zero-order chi connectivity index (χ0) is 9.45. The van der Waals surface area contributed by atoms with E-state index in [1.54, 1.807) is 7.11 Å². The van der Waals surface area contributed by atoms with Gasteiger partial charge in [0.25, 0.3) is 0 Å². The SMILES string of the molecule is COCCNCCC[Si](C)(C)C. The minimum absolute atomic E-state index is 0.797. The molecule has 0 aromatic heterocycles. The predicted molar refractivity (Wildman–Crippen MR) is 57.5 cm³/mol. The molecule has 0 aromatic rings. The summed E-state index contributed by atoms with van der Waals surface area (Å²) in [6, 6.07) is 1.42. The van der Waals surface area contributed by atoms with Gasteiger partial charge in [-0.1, -0.05) is 25.7 Å². The molecule has 3 heteroatoms. The standard InChI is InChI=1S/C9H23NOSi/c1-11-8-7-10-6-5-9-12(2,3)4/h10H,5-9H2,1-4H3. The number of rotatable bonds is 7. The van der Waals surface area contributed by atoms with Gasteiger partial charge in [0, 0.05) is 21.7 Å². The maximum atomic E-state index is 4.94. The van der Waals surface area contributed by atoms with Crippen LogP contribution in [-0.2, 0) is 4.74 Å². The first-order valence-electron chi connectivity index (χ1n) is 4.76. The molecule has 0 aromatic carbocycles. The molecule has 0 aliphatic heterocycles. The summed E-state index contributed by atoms with van der Waals surface area (Å²) >= 11 is 0. The normalized spacial score (nSPS) is 12.0. The van der Waals surface area contributed by atoms with Crippen molar-refractivity contribution in [3.63, 3.8) is 0 Å². The maximum Gasteiger partial charge on any atom is 0.0587 e. The van der Waals surface area contributed by atoms with Crippen molar-refractivity contribution in [2.45, 2.75) is 32.1 Å². The molecule has 0 rings (SSSR count). The molecule has 0 bridgehead atoms. The molecule has 0 heterocycles. The van der Waals surface area contributed by atoms with Crippen molar-refractivity contribution in [1.82, 2.24) is 5.32 Å². The van der Waals surface area contributed by atoms with E-state index in [0.717, 1.165) is 19.7 Å². The highest BCUT2D eigenvalue weighted by atomic mass is 28.3. The van der Waals surface area contributed by atoms with E-state index in [1.807, 2.05) is 0 Å². The van der Waals surface area contributed by atoms with Crippen LogP contribution >= 0.6 is 0 Å². The van der Waals surface area contributed by atoms with Crippen molar-refractivity contribution < 1.29 is 4.74 Å². The van der Waals surface area contributed by atoms with Gasteiger partial charge in [0.2, 0.25) is 0 Å². The predicted octanol–water partition coefficient (Wildman–Crippen LogP) is 1.95. The molecule has 1 N–H and O–H groups in total. The smallest absolute Gasteiger partial charge is 0.0587 e. The third-order valence-electron chi connectivity index (χ3n) is 1.76. The summed E-state index contributed by atoms with van der Waals surface area (Å²) in [5.41, 5.74) is 0. The van der Waals surface area contributed by atoms with Gasteiger partial charge in [-0.15, -0.1) is 0 Å². The fourth-order valence-corrected chi connectivity index (χ4v) is 2.28. The van der Waals surface area contributed by atoms with E-state index in [2.05, 4.69) is 25.0 Å². The fourth-order valence-electron chi connectivity index (χ4n) is 1.04. The Morgan fingerprint density at radius 2 is 1.83 bits per heavy atom. The Hall–Kier alpha value is 0.137. The molecule has 0 aliphatic rings. The van der Waals surface area contributed by atoms with Crippen LogP contribution in [0.15, 0.2) is 0 Å². The van der Waals surface area contributed by atoms with Crippen molar-refractivity contribution in [2.75, 3.05) is 26.8 Å². The van der Waals surface area contributed by atoms with Gasteiger partial charge in [-0.25, -0.2) is 0 Å². The maximum absolute atomic E-state index is 4.94. The highest BCUT2D eigenvalue weighted by molar-refractivity contribution is 6.76. The first kappa shape index (κ1) is 12.1. The molecule has 0 amide bonds. The monoisotopic (exact) mass is 189 g/mol. The minimum Gasteiger partial charge on any atom is -0.383 e. The number of nitrogens with one attached hydrogen (secondary N) is 1. The molecule has 0 saturated heterocycles. The van der Waals surface area contributed by atoms with Crippen LogP contribution in [0.3, 0.4) is 0 Å². The third-order valence-corrected chi connectivity index (χ3v) is 3.62. The van der Waals surface area contributed by atoms with Crippen LogP contribution in [0.1, 0.15) is 6.42 Å². The lowest BCUT2D eigenvalue weighted by molar-refractivity contribution is 0.199. The Balaban J connectivity index is 3.01. The van der Waals surface area contributed by atoms with E-state index in [4.69, 9.17) is 4.74 Å².